The Kier molecular flexibility index (Phi) is 7.89. The van der Waals surface area contributed by atoms with E-state index in [4.69, 9.17) is 27.0 Å². The highest BCUT2D eigenvalue weighted by Gasteiger charge is 2.41. The molecule has 0 aliphatic heterocycles. The van der Waals surface area contributed by atoms with Gasteiger partial charge in [0, 0.05) is 25.1 Å². The number of hydrogen-bond donors (Lipinski definition) is 2. The highest BCUT2D eigenvalue weighted by molar-refractivity contribution is 6.32. The van der Waals surface area contributed by atoms with Gasteiger partial charge in [0.1, 0.15) is 10.8 Å². The number of aryl methyl sites for hydroxylation is 1. The Morgan fingerprint density at radius 1 is 1.19 bits per heavy atom. The third-order valence-electron chi connectivity index (χ3n) is 7.47. The molecular weight excluding hydrogens is 573 g/mol. The molecule has 12 heteroatoms. The van der Waals surface area contributed by atoms with E-state index < -0.39 is 24.4 Å². The summed E-state index contributed by atoms with van der Waals surface area (Å²) in [6.07, 6.45) is 0.871. The van der Waals surface area contributed by atoms with E-state index in [2.05, 4.69) is 63.2 Å². The highest BCUT2D eigenvalue weighted by atomic mass is 35.5. The largest absolute Gasteiger partial charge is 0.482 e. The van der Waals surface area contributed by atoms with E-state index in [1.54, 1.807) is 0 Å². The fraction of sp³-hybridized carbons (Fsp3) is 0.333. The minimum absolute atomic E-state index is 0.186. The van der Waals surface area contributed by atoms with Gasteiger partial charge in [0.05, 0.1) is 11.6 Å². The van der Waals surface area contributed by atoms with Crippen molar-refractivity contribution in [2.24, 2.45) is 5.92 Å². The Morgan fingerprint density at radius 3 is 2.57 bits per heavy atom. The van der Waals surface area contributed by atoms with Crippen molar-refractivity contribution in [3.63, 3.8) is 0 Å². The Balaban J connectivity index is 0.000000191. The second-order valence-corrected chi connectivity index (χ2v) is 11.1. The van der Waals surface area contributed by atoms with E-state index in [9.17, 15) is 18.0 Å². The molecule has 0 saturated heterocycles. The standard InChI is InChI=1S/C22H23N3O.C8H5ClF3NO3/c1-13-24-21(25-26-13)22(2,12-14-7-8-14)19-10-9-17-16-6-4-3-5-15(16)11-18(17)20(19)23;9-4-2-13-5(7(14)15)1-6(4)16-3-8(10,11)12/h3-6,9-10,14H,7-8,11-12,23H2,1-2H3;1-2H,3H2,(H,14,15)/t22-;/m1./s1. The number of aromatic nitrogens is 3. The van der Waals surface area contributed by atoms with E-state index in [0.717, 1.165) is 48.1 Å². The average Bonchev–Trinajstić information content (AvgIpc) is 3.49. The molecule has 0 spiro atoms. The molecular formula is C30H28ClF3N4O4. The number of ether oxygens (including phenoxy) is 1. The fourth-order valence-electron chi connectivity index (χ4n) is 5.27. The number of nitrogens with two attached hydrogens (primary N) is 1. The summed E-state index contributed by atoms with van der Waals surface area (Å²) in [5.41, 5.74) is 13.2. The van der Waals surface area contributed by atoms with Crippen molar-refractivity contribution in [3.05, 3.63) is 87.8 Å². The van der Waals surface area contributed by atoms with Crippen molar-refractivity contribution in [3.8, 4) is 16.9 Å². The lowest BCUT2D eigenvalue weighted by molar-refractivity contribution is -0.153. The number of halogens is 4. The monoisotopic (exact) mass is 600 g/mol. The van der Waals surface area contributed by atoms with Crippen molar-refractivity contribution in [1.29, 1.82) is 0 Å². The number of aromatic carboxylic acids is 1. The zero-order valence-electron chi connectivity index (χ0n) is 22.8. The highest BCUT2D eigenvalue weighted by Crippen LogP contribution is 2.49. The van der Waals surface area contributed by atoms with Crippen molar-refractivity contribution in [1.82, 2.24) is 15.1 Å². The lowest BCUT2D eigenvalue weighted by Crippen LogP contribution is -2.28. The van der Waals surface area contributed by atoms with Gasteiger partial charge in [-0.05, 0) is 47.1 Å². The smallest absolute Gasteiger partial charge is 0.422 e. The number of benzene rings is 2. The maximum Gasteiger partial charge on any atom is 0.422 e. The lowest BCUT2D eigenvalue weighted by Gasteiger charge is -2.29. The Labute approximate surface area is 244 Å². The number of carbonyl (C=O) groups is 1. The maximum absolute atomic E-state index is 11.8. The topological polar surface area (TPSA) is 124 Å². The first-order valence-corrected chi connectivity index (χ1v) is 13.6. The Bertz CT molecular complexity index is 1640. The summed E-state index contributed by atoms with van der Waals surface area (Å²) in [7, 11) is 0. The molecule has 2 heterocycles. The molecule has 0 radical (unpaired) electrons. The normalized spacial score (nSPS) is 15.2. The predicted octanol–water partition coefficient (Wildman–Crippen LogP) is 7.01. The molecule has 0 bridgehead atoms. The van der Waals surface area contributed by atoms with Crippen LogP contribution in [0.3, 0.4) is 0 Å². The SMILES string of the molecule is Cc1nc([C@](C)(CC2CC2)c2ccc3c(c2N)Cc2ccccc2-3)no1.O=C(O)c1cc(OCC(F)(F)F)c(Cl)cn1. The fourth-order valence-corrected chi connectivity index (χ4v) is 5.43. The minimum Gasteiger partial charge on any atom is -0.482 e. The molecule has 2 aliphatic rings. The summed E-state index contributed by atoms with van der Waals surface area (Å²) in [6, 6.07) is 13.8. The quantitative estimate of drug-likeness (QED) is 0.191. The zero-order valence-corrected chi connectivity index (χ0v) is 23.6. The number of nitrogens with zero attached hydrogens (tertiary/aromatic N) is 3. The molecule has 2 aromatic heterocycles. The van der Waals surface area contributed by atoms with Gasteiger partial charge in [-0.15, -0.1) is 0 Å². The number of carboxylic acid groups (broad SMARTS) is 1. The van der Waals surface area contributed by atoms with Crippen molar-refractivity contribution in [2.75, 3.05) is 12.3 Å². The van der Waals surface area contributed by atoms with Gasteiger partial charge in [-0.3, -0.25) is 0 Å². The van der Waals surface area contributed by atoms with Gasteiger partial charge in [-0.1, -0.05) is 66.0 Å². The molecule has 2 aromatic carbocycles. The van der Waals surface area contributed by atoms with Crippen LogP contribution in [0.1, 0.15) is 65.1 Å². The van der Waals surface area contributed by atoms with Gasteiger partial charge in [-0.2, -0.15) is 18.2 Å². The second-order valence-electron chi connectivity index (χ2n) is 10.7. The average molecular weight is 601 g/mol. The molecule has 1 atom stereocenters. The lowest BCUT2D eigenvalue weighted by atomic mass is 9.75. The molecule has 42 heavy (non-hydrogen) atoms. The van der Waals surface area contributed by atoms with Crippen LogP contribution in [0.4, 0.5) is 18.9 Å². The Morgan fingerprint density at radius 2 is 1.93 bits per heavy atom. The van der Waals surface area contributed by atoms with Crippen LogP contribution in [-0.4, -0.2) is 39.0 Å². The van der Waals surface area contributed by atoms with Crippen LogP contribution in [0.5, 0.6) is 5.75 Å². The maximum atomic E-state index is 11.8. The molecule has 8 nitrogen and oxygen atoms in total. The summed E-state index contributed by atoms with van der Waals surface area (Å²) in [5, 5.41) is 12.6. The van der Waals surface area contributed by atoms with Gasteiger partial charge in [0.15, 0.2) is 18.1 Å². The summed E-state index contributed by atoms with van der Waals surface area (Å²) in [6.45, 7) is 2.52. The number of alkyl halides is 3. The van der Waals surface area contributed by atoms with Crippen LogP contribution in [0.25, 0.3) is 11.1 Å². The number of nitrogen functional groups attached to an aromatic ring is 1. The molecule has 0 amide bonds. The second kappa shape index (κ2) is 11.3. The number of rotatable bonds is 7. The minimum atomic E-state index is -4.52. The Hall–Kier alpha value is -4.12. The predicted molar refractivity (Wildman–Crippen MR) is 150 cm³/mol. The number of hydrogen-bond acceptors (Lipinski definition) is 7. The number of anilines is 1. The zero-order chi connectivity index (χ0) is 30.2. The van der Waals surface area contributed by atoms with Crippen LogP contribution >= 0.6 is 11.6 Å². The van der Waals surface area contributed by atoms with Gasteiger partial charge in [-0.25, -0.2) is 9.78 Å². The first-order valence-electron chi connectivity index (χ1n) is 13.2. The van der Waals surface area contributed by atoms with Gasteiger partial charge < -0.3 is 20.1 Å². The summed E-state index contributed by atoms with van der Waals surface area (Å²) in [5.74, 6) is 0.335. The molecule has 0 unspecified atom stereocenters. The van der Waals surface area contributed by atoms with Gasteiger partial charge in [0.2, 0.25) is 5.89 Å². The van der Waals surface area contributed by atoms with Crippen molar-refractivity contribution < 1.29 is 32.3 Å². The van der Waals surface area contributed by atoms with Crippen LogP contribution in [0.15, 0.2) is 53.2 Å². The van der Waals surface area contributed by atoms with Crippen molar-refractivity contribution >= 4 is 23.3 Å². The first kappa shape index (κ1) is 29.4. The van der Waals surface area contributed by atoms with E-state index in [1.165, 1.54) is 35.1 Å². The van der Waals surface area contributed by atoms with Gasteiger partial charge in [0.25, 0.3) is 0 Å². The molecule has 3 N–H and O–H groups in total. The number of fused-ring (bicyclic) bond motifs is 3. The van der Waals surface area contributed by atoms with Gasteiger partial charge >= 0.3 is 12.1 Å². The van der Waals surface area contributed by atoms with Crippen LogP contribution in [-0.2, 0) is 11.8 Å². The molecule has 1 fully saturated rings. The third kappa shape index (κ3) is 6.20. The van der Waals surface area contributed by atoms with Crippen LogP contribution in [0, 0.1) is 12.8 Å². The van der Waals surface area contributed by atoms with E-state index in [-0.39, 0.29) is 16.2 Å². The number of pyridine rings is 1. The molecule has 6 rings (SSSR count). The molecule has 2 aliphatic carbocycles. The summed E-state index contributed by atoms with van der Waals surface area (Å²) >= 11 is 5.48. The molecule has 1 saturated carbocycles. The molecule has 4 aromatic rings. The van der Waals surface area contributed by atoms with E-state index in [1.807, 2.05) is 6.92 Å². The molecule has 220 valence electrons. The number of carboxylic acids is 1. The van der Waals surface area contributed by atoms with E-state index in [0.29, 0.717) is 5.89 Å². The summed E-state index contributed by atoms with van der Waals surface area (Å²) < 4.78 is 45.1. The first-order chi connectivity index (χ1) is 19.9. The van der Waals surface area contributed by atoms with Crippen LogP contribution in [0.2, 0.25) is 5.02 Å². The summed E-state index contributed by atoms with van der Waals surface area (Å²) in [4.78, 5) is 18.5. The van der Waals surface area contributed by atoms with Crippen molar-refractivity contribution in [2.45, 2.75) is 51.1 Å². The third-order valence-corrected chi connectivity index (χ3v) is 7.76. The van der Waals surface area contributed by atoms with Crippen LogP contribution < -0.4 is 10.5 Å². The van der Waals surface area contributed by atoms with E-state index >= 15 is 0 Å².